The lowest BCUT2D eigenvalue weighted by Gasteiger charge is -2.14. The molecule has 2 unspecified atom stereocenters. The number of aromatic nitrogens is 3. The summed E-state index contributed by atoms with van der Waals surface area (Å²) in [7, 11) is 1.63. The molecule has 1 aromatic rings. The normalized spacial score (nSPS) is 26.2. The molecule has 3 rings (SSSR count). The third-order valence-electron chi connectivity index (χ3n) is 3.31. The van der Waals surface area contributed by atoms with Crippen molar-refractivity contribution < 1.29 is 9.53 Å². The van der Waals surface area contributed by atoms with E-state index in [1.54, 1.807) is 12.0 Å². The fourth-order valence-electron chi connectivity index (χ4n) is 2.39. The van der Waals surface area contributed by atoms with Crippen LogP contribution in [0.1, 0.15) is 5.82 Å². The standard InChI is InChI=1S/C12H14N4O2/c1-7-13-12(15-14-7)16-6-8-5-9(18-2)3-4-10(8)11(16)17/h3-5,8,10H,6H2,1-2H3,(H,13,14,15). The summed E-state index contributed by atoms with van der Waals surface area (Å²) in [6.45, 7) is 2.41. The van der Waals surface area contributed by atoms with Gasteiger partial charge >= 0.3 is 0 Å². The molecule has 0 spiro atoms. The zero-order valence-corrected chi connectivity index (χ0v) is 10.3. The van der Waals surface area contributed by atoms with Gasteiger partial charge in [0.05, 0.1) is 13.0 Å². The molecule has 1 aliphatic carbocycles. The Labute approximate surface area is 104 Å². The van der Waals surface area contributed by atoms with E-state index in [0.29, 0.717) is 18.3 Å². The maximum atomic E-state index is 12.3. The Morgan fingerprint density at radius 3 is 3.06 bits per heavy atom. The second kappa shape index (κ2) is 3.97. The Hall–Kier alpha value is -2.11. The highest BCUT2D eigenvalue weighted by Crippen LogP contribution is 2.33. The van der Waals surface area contributed by atoms with E-state index in [1.807, 2.05) is 25.2 Å². The molecule has 6 nitrogen and oxygen atoms in total. The summed E-state index contributed by atoms with van der Waals surface area (Å²) in [4.78, 5) is 18.1. The number of carbonyl (C=O) groups excluding carboxylic acids is 1. The van der Waals surface area contributed by atoms with Gasteiger partial charge in [-0.2, -0.15) is 4.98 Å². The summed E-state index contributed by atoms with van der Waals surface area (Å²) in [5.41, 5.74) is 0. The number of hydrogen-bond donors (Lipinski definition) is 1. The van der Waals surface area contributed by atoms with E-state index in [1.165, 1.54) is 0 Å². The number of H-pyrrole nitrogens is 1. The fraction of sp³-hybridized carbons (Fsp3) is 0.417. The Balaban J connectivity index is 1.88. The van der Waals surface area contributed by atoms with E-state index < -0.39 is 0 Å². The van der Waals surface area contributed by atoms with Crippen LogP contribution in [0.4, 0.5) is 5.95 Å². The number of fused-ring (bicyclic) bond motifs is 1. The maximum absolute atomic E-state index is 12.3. The molecule has 18 heavy (non-hydrogen) atoms. The number of aromatic amines is 1. The second-order valence-corrected chi connectivity index (χ2v) is 4.49. The molecule has 1 N–H and O–H groups in total. The van der Waals surface area contributed by atoms with Crippen LogP contribution in [0.25, 0.3) is 0 Å². The van der Waals surface area contributed by atoms with Crippen LogP contribution in [-0.2, 0) is 9.53 Å². The van der Waals surface area contributed by atoms with Crippen molar-refractivity contribution in [3.63, 3.8) is 0 Å². The fourth-order valence-corrected chi connectivity index (χ4v) is 2.39. The molecule has 1 aliphatic heterocycles. The lowest BCUT2D eigenvalue weighted by atomic mass is 9.91. The van der Waals surface area contributed by atoms with E-state index in [2.05, 4.69) is 15.2 Å². The zero-order chi connectivity index (χ0) is 12.7. The summed E-state index contributed by atoms with van der Waals surface area (Å²) >= 11 is 0. The van der Waals surface area contributed by atoms with Gasteiger partial charge < -0.3 is 4.74 Å². The number of rotatable bonds is 2. The minimum atomic E-state index is -0.122. The highest BCUT2D eigenvalue weighted by atomic mass is 16.5. The Bertz CT molecular complexity index is 546. The first-order valence-electron chi connectivity index (χ1n) is 5.83. The maximum Gasteiger partial charge on any atom is 0.251 e. The van der Waals surface area contributed by atoms with Gasteiger partial charge in [0.1, 0.15) is 11.6 Å². The largest absolute Gasteiger partial charge is 0.497 e. The van der Waals surface area contributed by atoms with Crippen molar-refractivity contribution >= 4 is 11.9 Å². The van der Waals surface area contributed by atoms with Crippen LogP contribution in [0, 0.1) is 18.8 Å². The summed E-state index contributed by atoms with van der Waals surface area (Å²) in [6, 6.07) is 0. The molecule has 0 saturated carbocycles. The highest BCUT2D eigenvalue weighted by Gasteiger charge is 2.41. The minimum Gasteiger partial charge on any atom is -0.497 e. The number of aryl methyl sites for hydroxylation is 1. The van der Waals surface area contributed by atoms with Crippen LogP contribution >= 0.6 is 0 Å². The van der Waals surface area contributed by atoms with Gasteiger partial charge in [-0.05, 0) is 19.1 Å². The quantitative estimate of drug-likeness (QED) is 0.837. The topological polar surface area (TPSA) is 71.1 Å². The molecule has 2 aliphatic rings. The molecular formula is C12H14N4O2. The molecule has 2 atom stereocenters. The van der Waals surface area contributed by atoms with Crippen molar-refractivity contribution in [2.45, 2.75) is 6.92 Å². The van der Waals surface area contributed by atoms with Crippen LogP contribution in [0.5, 0.6) is 0 Å². The number of nitrogens with one attached hydrogen (secondary N) is 1. The average molecular weight is 246 g/mol. The van der Waals surface area contributed by atoms with Crippen molar-refractivity contribution in [3.05, 3.63) is 29.8 Å². The van der Waals surface area contributed by atoms with Gasteiger partial charge in [0.25, 0.3) is 5.95 Å². The number of carbonyl (C=O) groups is 1. The SMILES string of the molecule is COC1=CC2CN(c3n[nH]c(C)n3)C(=O)C2C=C1. The molecule has 94 valence electrons. The molecule has 0 aromatic carbocycles. The Morgan fingerprint density at radius 2 is 2.39 bits per heavy atom. The van der Waals surface area contributed by atoms with Crippen molar-refractivity contribution in [2.24, 2.45) is 11.8 Å². The first-order chi connectivity index (χ1) is 8.69. The van der Waals surface area contributed by atoms with Gasteiger partial charge in [-0.15, -0.1) is 5.10 Å². The van der Waals surface area contributed by atoms with Crippen molar-refractivity contribution in [1.29, 1.82) is 0 Å². The number of ether oxygens (including phenoxy) is 1. The van der Waals surface area contributed by atoms with Crippen LogP contribution < -0.4 is 4.90 Å². The molecule has 1 aromatic heterocycles. The summed E-state index contributed by atoms with van der Waals surface area (Å²) < 4.78 is 5.19. The Kier molecular flexibility index (Phi) is 2.43. The predicted octanol–water partition coefficient (Wildman–Crippen LogP) is 0.792. The molecule has 0 bridgehead atoms. The monoisotopic (exact) mass is 246 g/mol. The number of anilines is 1. The van der Waals surface area contributed by atoms with Crippen molar-refractivity contribution in [2.75, 3.05) is 18.6 Å². The van der Waals surface area contributed by atoms with Crippen LogP contribution in [-0.4, -0.2) is 34.7 Å². The first kappa shape index (κ1) is 11.0. The zero-order valence-electron chi connectivity index (χ0n) is 10.3. The second-order valence-electron chi connectivity index (χ2n) is 4.49. The Morgan fingerprint density at radius 1 is 1.56 bits per heavy atom. The number of amides is 1. The molecule has 0 radical (unpaired) electrons. The molecule has 1 saturated heterocycles. The predicted molar refractivity (Wildman–Crippen MR) is 64.7 cm³/mol. The van der Waals surface area contributed by atoms with Gasteiger partial charge in [0.15, 0.2) is 0 Å². The number of allylic oxidation sites excluding steroid dienone is 1. The average Bonchev–Trinajstić information content (AvgIpc) is 2.93. The molecule has 2 heterocycles. The van der Waals surface area contributed by atoms with Crippen molar-refractivity contribution in [3.8, 4) is 0 Å². The van der Waals surface area contributed by atoms with Gasteiger partial charge in [-0.25, -0.2) is 0 Å². The van der Waals surface area contributed by atoms with Crippen molar-refractivity contribution in [1.82, 2.24) is 15.2 Å². The smallest absolute Gasteiger partial charge is 0.251 e. The van der Waals surface area contributed by atoms with Gasteiger partial charge in [0, 0.05) is 12.5 Å². The van der Waals surface area contributed by atoms with Gasteiger partial charge in [-0.3, -0.25) is 14.8 Å². The van der Waals surface area contributed by atoms with Gasteiger partial charge in [-0.1, -0.05) is 6.08 Å². The van der Waals surface area contributed by atoms with E-state index >= 15 is 0 Å². The van der Waals surface area contributed by atoms with Crippen LogP contribution in [0.15, 0.2) is 24.0 Å². The molecule has 6 heteroatoms. The third-order valence-corrected chi connectivity index (χ3v) is 3.31. The van der Waals surface area contributed by atoms with E-state index in [-0.39, 0.29) is 17.7 Å². The lowest BCUT2D eigenvalue weighted by molar-refractivity contribution is -0.119. The number of methoxy groups -OCH3 is 1. The summed E-state index contributed by atoms with van der Waals surface area (Å²) in [6.07, 6.45) is 5.72. The highest BCUT2D eigenvalue weighted by molar-refractivity contribution is 5.97. The molecule has 1 amide bonds. The number of nitrogens with zero attached hydrogens (tertiary/aromatic N) is 3. The first-order valence-corrected chi connectivity index (χ1v) is 5.83. The van der Waals surface area contributed by atoms with E-state index in [4.69, 9.17) is 4.74 Å². The van der Waals surface area contributed by atoms with E-state index in [0.717, 1.165) is 5.76 Å². The number of hydrogen-bond acceptors (Lipinski definition) is 4. The van der Waals surface area contributed by atoms with E-state index in [9.17, 15) is 4.79 Å². The minimum absolute atomic E-state index is 0.0432. The molecular weight excluding hydrogens is 232 g/mol. The molecule has 1 fully saturated rings. The lowest BCUT2D eigenvalue weighted by Crippen LogP contribution is -2.27. The van der Waals surface area contributed by atoms with Gasteiger partial charge in [0.2, 0.25) is 5.91 Å². The van der Waals surface area contributed by atoms with Crippen LogP contribution in [0.3, 0.4) is 0 Å². The third kappa shape index (κ3) is 1.61. The summed E-state index contributed by atoms with van der Waals surface area (Å²) in [5, 5.41) is 6.79. The van der Waals surface area contributed by atoms with Crippen LogP contribution in [0.2, 0.25) is 0 Å². The summed E-state index contributed by atoms with van der Waals surface area (Å²) in [5.74, 6) is 2.02.